The van der Waals surface area contributed by atoms with Crippen LogP contribution in [0.3, 0.4) is 0 Å². The highest BCUT2D eigenvalue weighted by Gasteiger charge is 2.11. The third kappa shape index (κ3) is 3.01. The number of nitrogens with zero attached hydrogens (tertiary/aromatic N) is 1. The predicted octanol–water partition coefficient (Wildman–Crippen LogP) is 4.14. The van der Waals surface area contributed by atoms with Crippen LogP contribution in [0.4, 0.5) is 0 Å². The molecule has 0 aliphatic heterocycles. The minimum atomic E-state index is -0.685. The Morgan fingerprint density at radius 2 is 1.48 bits per heavy atom. The number of pyridine rings is 1. The van der Waals surface area contributed by atoms with E-state index in [9.17, 15) is 5.11 Å². The van der Waals surface area contributed by atoms with Gasteiger partial charge in [-0.3, -0.25) is 4.98 Å². The molecule has 21 heavy (non-hydrogen) atoms. The summed E-state index contributed by atoms with van der Waals surface area (Å²) < 4.78 is 0. The molecule has 2 nitrogen and oxygen atoms in total. The average Bonchev–Trinajstić information content (AvgIpc) is 2.56. The lowest BCUT2D eigenvalue weighted by Crippen LogP contribution is -2.02. The summed E-state index contributed by atoms with van der Waals surface area (Å²) in [5.74, 6) is 0. The summed E-state index contributed by atoms with van der Waals surface area (Å²) in [5.41, 5.74) is 4.93. The molecule has 1 unspecified atom stereocenters. The second-order valence-corrected chi connectivity index (χ2v) is 5.15. The summed E-state index contributed by atoms with van der Waals surface area (Å²) >= 11 is 0. The zero-order chi connectivity index (χ0) is 14.7. The molecule has 0 aliphatic carbocycles. The Hall–Kier alpha value is -2.45. The van der Waals surface area contributed by atoms with Gasteiger partial charge in [0.25, 0.3) is 0 Å². The average molecular weight is 275 g/mol. The summed E-state index contributed by atoms with van der Waals surface area (Å²) in [6.45, 7) is 1.98. The molecule has 0 fully saturated rings. The van der Waals surface area contributed by atoms with E-state index >= 15 is 0 Å². The molecular formula is C19H17NO. The highest BCUT2D eigenvalue weighted by molar-refractivity contribution is 5.63. The van der Waals surface area contributed by atoms with E-state index in [0.717, 1.165) is 16.7 Å². The topological polar surface area (TPSA) is 33.1 Å². The molecule has 2 heteroatoms. The Balaban J connectivity index is 1.85. The van der Waals surface area contributed by atoms with Crippen molar-refractivity contribution >= 4 is 0 Å². The van der Waals surface area contributed by atoms with Crippen LogP contribution in [0.2, 0.25) is 0 Å². The van der Waals surface area contributed by atoms with E-state index in [1.54, 1.807) is 6.20 Å². The lowest BCUT2D eigenvalue weighted by molar-refractivity contribution is 0.215. The maximum atomic E-state index is 10.4. The molecule has 0 radical (unpaired) electrons. The number of aliphatic hydroxyl groups excluding tert-OH is 1. The molecule has 2 aromatic carbocycles. The van der Waals surface area contributed by atoms with E-state index < -0.39 is 6.10 Å². The quantitative estimate of drug-likeness (QED) is 0.779. The first kappa shape index (κ1) is 13.5. The van der Waals surface area contributed by atoms with Crippen molar-refractivity contribution in [1.82, 2.24) is 4.98 Å². The van der Waals surface area contributed by atoms with Crippen LogP contribution < -0.4 is 0 Å². The Bertz CT molecular complexity index is 703. The Morgan fingerprint density at radius 3 is 2.10 bits per heavy atom. The molecular weight excluding hydrogens is 258 g/mol. The number of hydrogen-bond donors (Lipinski definition) is 1. The summed E-state index contributed by atoms with van der Waals surface area (Å²) in [6.07, 6.45) is 1.09. The number of hydrogen-bond acceptors (Lipinski definition) is 2. The maximum absolute atomic E-state index is 10.4. The van der Waals surface area contributed by atoms with Crippen molar-refractivity contribution in [1.29, 1.82) is 0 Å². The zero-order valence-corrected chi connectivity index (χ0v) is 11.9. The Labute approximate surface area is 124 Å². The van der Waals surface area contributed by atoms with E-state index in [1.807, 2.05) is 61.5 Å². The molecule has 0 bridgehead atoms. The Morgan fingerprint density at radius 1 is 0.810 bits per heavy atom. The molecule has 3 aromatic rings. The van der Waals surface area contributed by atoms with Crippen molar-refractivity contribution < 1.29 is 5.11 Å². The highest BCUT2D eigenvalue weighted by atomic mass is 16.3. The second kappa shape index (κ2) is 5.90. The van der Waals surface area contributed by atoms with Crippen molar-refractivity contribution in [3.8, 4) is 11.1 Å². The van der Waals surface area contributed by atoms with Crippen molar-refractivity contribution in [2.24, 2.45) is 0 Å². The van der Waals surface area contributed by atoms with Gasteiger partial charge in [-0.1, -0.05) is 60.7 Å². The van der Waals surface area contributed by atoms with E-state index in [4.69, 9.17) is 0 Å². The van der Waals surface area contributed by atoms with Crippen molar-refractivity contribution in [2.45, 2.75) is 13.0 Å². The lowest BCUT2D eigenvalue weighted by atomic mass is 10.0. The summed E-state index contributed by atoms with van der Waals surface area (Å²) in [5, 5.41) is 10.4. The number of aliphatic hydroxyl groups is 1. The van der Waals surface area contributed by atoms with Gasteiger partial charge in [0.05, 0.1) is 5.69 Å². The SMILES string of the molecule is Cc1ccc(C(O)c2ccc(-c3ccccc3)cc2)nc1. The fraction of sp³-hybridized carbons (Fsp3) is 0.105. The van der Waals surface area contributed by atoms with Gasteiger partial charge in [-0.2, -0.15) is 0 Å². The minimum Gasteiger partial charge on any atom is -0.382 e. The normalized spacial score (nSPS) is 12.1. The van der Waals surface area contributed by atoms with Crippen LogP contribution in [0.15, 0.2) is 72.9 Å². The van der Waals surface area contributed by atoms with Gasteiger partial charge in [0.15, 0.2) is 0 Å². The van der Waals surface area contributed by atoms with E-state index in [2.05, 4.69) is 17.1 Å². The van der Waals surface area contributed by atoms with Gasteiger partial charge in [0, 0.05) is 6.20 Å². The van der Waals surface area contributed by atoms with Gasteiger partial charge in [0.2, 0.25) is 0 Å². The monoisotopic (exact) mass is 275 g/mol. The predicted molar refractivity (Wildman–Crippen MR) is 84.9 cm³/mol. The third-order valence-corrected chi connectivity index (χ3v) is 3.55. The molecule has 3 rings (SSSR count). The lowest BCUT2D eigenvalue weighted by Gasteiger charge is -2.11. The van der Waals surface area contributed by atoms with Crippen LogP contribution in [-0.2, 0) is 0 Å². The third-order valence-electron chi connectivity index (χ3n) is 3.55. The molecule has 0 aliphatic rings. The van der Waals surface area contributed by atoms with Crippen LogP contribution in [0, 0.1) is 6.92 Å². The number of rotatable bonds is 3. The zero-order valence-electron chi connectivity index (χ0n) is 11.9. The molecule has 1 heterocycles. The maximum Gasteiger partial charge on any atom is 0.121 e. The molecule has 104 valence electrons. The van der Waals surface area contributed by atoms with Crippen LogP contribution in [0.1, 0.15) is 22.9 Å². The number of aryl methyl sites for hydroxylation is 1. The van der Waals surface area contributed by atoms with Gasteiger partial charge in [0.1, 0.15) is 6.10 Å². The van der Waals surface area contributed by atoms with Crippen LogP contribution in [-0.4, -0.2) is 10.1 Å². The first-order valence-corrected chi connectivity index (χ1v) is 7.00. The summed E-state index contributed by atoms with van der Waals surface area (Å²) in [7, 11) is 0. The first-order chi connectivity index (χ1) is 10.2. The van der Waals surface area contributed by atoms with Crippen molar-refractivity contribution in [3.63, 3.8) is 0 Å². The van der Waals surface area contributed by atoms with Gasteiger partial charge in [-0.05, 0) is 35.2 Å². The van der Waals surface area contributed by atoms with E-state index in [0.29, 0.717) is 5.69 Å². The van der Waals surface area contributed by atoms with E-state index in [1.165, 1.54) is 5.56 Å². The highest BCUT2D eigenvalue weighted by Crippen LogP contribution is 2.24. The number of aromatic nitrogens is 1. The Kier molecular flexibility index (Phi) is 3.80. The van der Waals surface area contributed by atoms with Gasteiger partial charge in [-0.15, -0.1) is 0 Å². The molecule has 0 saturated carbocycles. The van der Waals surface area contributed by atoms with Crippen LogP contribution in [0.25, 0.3) is 11.1 Å². The molecule has 0 spiro atoms. The minimum absolute atomic E-state index is 0.674. The van der Waals surface area contributed by atoms with Gasteiger partial charge >= 0.3 is 0 Å². The van der Waals surface area contributed by atoms with Gasteiger partial charge < -0.3 is 5.11 Å². The van der Waals surface area contributed by atoms with Crippen molar-refractivity contribution in [2.75, 3.05) is 0 Å². The van der Waals surface area contributed by atoms with Gasteiger partial charge in [-0.25, -0.2) is 0 Å². The summed E-state index contributed by atoms with van der Waals surface area (Å²) in [4.78, 5) is 4.29. The summed E-state index contributed by atoms with van der Waals surface area (Å²) in [6, 6.07) is 22.0. The fourth-order valence-electron chi connectivity index (χ4n) is 2.30. The molecule has 0 saturated heterocycles. The number of benzene rings is 2. The van der Waals surface area contributed by atoms with E-state index in [-0.39, 0.29) is 0 Å². The fourth-order valence-corrected chi connectivity index (χ4v) is 2.30. The van der Waals surface area contributed by atoms with Crippen LogP contribution in [0.5, 0.6) is 0 Å². The van der Waals surface area contributed by atoms with Crippen molar-refractivity contribution in [3.05, 3.63) is 89.7 Å². The van der Waals surface area contributed by atoms with Crippen LogP contribution >= 0.6 is 0 Å². The second-order valence-electron chi connectivity index (χ2n) is 5.15. The molecule has 1 aromatic heterocycles. The molecule has 1 N–H and O–H groups in total. The first-order valence-electron chi connectivity index (χ1n) is 7.00. The smallest absolute Gasteiger partial charge is 0.121 e. The molecule has 0 amide bonds. The molecule has 1 atom stereocenters. The standard InChI is InChI=1S/C19H17NO/c1-14-7-12-18(20-13-14)19(21)17-10-8-16(9-11-17)15-5-3-2-4-6-15/h2-13,19,21H,1H3. The largest absolute Gasteiger partial charge is 0.382 e.